The fraction of sp³-hybridized carbons (Fsp3) is 0.750. The van der Waals surface area contributed by atoms with E-state index < -0.39 is 0 Å². The molecular formula is C8H14O. The molecule has 1 aliphatic rings. The van der Waals surface area contributed by atoms with Crippen LogP contribution in [0.1, 0.15) is 19.8 Å². The van der Waals surface area contributed by atoms with Crippen LogP contribution in [-0.4, -0.2) is 11.7 Å². The Kier molecular flexibility index (Phi) is 1.91. The Labute approximate surface area is 56.4 Å². The lowest BCUT2D eigenvalue weighted by Gasteiger charge is -2.08. The molecule has 0 saturated heterocycles. The molecule has 9 heavy (non-hydrogen) atoms. The molecule has 1 rings (SSSR count). The highest BCUT2D eigenvalue weighted by atomic mass is 16.3. The summed E-state index contributed by atoms with van der Waals surface area (Å²) < 4.78 is 0. The van der Waals surface area contributed by atoms with Gasteiger partial charge in [0.1, 0.15) is 0 Å². The number of allylic oxidation sites excluding steroid dienone is 1. The van der Waals surface area contributed by atoms with Gasteiger partial charge < -0.3 is 5.11 Å². The first-order chi connectivity index (χ1) is 4.24. The van der Waals surface area contributed by atoms with Gasteiger partial charge >= 0.3 is 0 Å². The average molecular weight is 126 g/mol. The molecule has 0 unspecified atom stereocenters. The minimum atomic E-state index is 0.334. The maximum atomic E-state index is 8.81. The SMILES string of the molecule is C=C1C[C@@H](CO)[C@H](C)C1. The van der Waals surface area contributed by atoms with Crippen molar-refractivity contribution < 1.29 is 5.11 Å². The predicted octanol–water partition coefficient (Wildman–Crippen LogP) is 1.58. The van der Waals surface area contributed by atoms with E-state index in [-0.39, 0.29) is 0 Å². The summed E-state index contributed by atoms with van der Waals surface area (Å²) >= 11 is 0. The number of aliphatic hydroxyl groups excluding tert-OH is 1. The summed E-state index contributed by atoms with van der Waals surface area (Å²) in [6.45, 7) is 6.40. The molecule has 1 saturated carbocycles. The number of aliphatic hydroxyl groups is 1. The first kappa shape index (κ1) is 6.81. The summed E-state index contributed by atoms with van der Waals surface area (Å²) in [6, 6.07) is 0. The maximum Gasteiger partial charge on any atom is 0.0464 e. The summed E-state index contributed by atoms with van der Waals surface area (Å²) in [7, 11) is 0. The van der Waals surface area contributed by atoms with E-state index in [1.54, 1.807) is 0 Å². The molecule has 0 bridgehead atoms. The van der Waals surface area contributed by atoms with E-state index in [9.17, 15) is 0 Å². The highest BCUT2D eigenvalue weighted by molar-refractivity contribution is 5.04. The van der Waals surface area contributed by atoms with E-state index >= 15 is 0 Å². The highest BCUT2D eigenvalue weighted by Gasteiger charge is 2.24. The van der Waals surface area contributed by atoms with Crippen LogP contribution >= 0.6 is 0 Å². The van der Waals surface area contributed by atoms with Crippen molar-refractivity contribution in [1.29, 1.82) is 0 Å². The van der Waals surface area contributed by atoms with E-state index in [1.165, 1.54) is 5.57 Å². The van der Waals surface area contributed by atoms with Crippen molar-refractivity contribution in [3.63, 3.8) is 0 Å². The van der Waals surface area contributed by atoms with Crippen LogP contribution in [0.25, 0.3) is 0 Å². The quantitative estimate of drug-likeness (QED) is 0.529. The second kappa shape index (κ2) is 2.53. The molecule has 52 valence electrons. The first-order valence-electron chi connectivity index (χ1n) is 3.51. The van der Waals surface area contributed by atoms with Gasteiger partial charge in [-0.3, -0.25) is 0 Å². The van der Waals surface area contributed by atoms with Crippen molar-refractivity contribution in [3.8, 4) is 0 Å². The summed E-state index contributed by atoms with van der Waals surface area (Å²) in [5.41, 5.74) is 1.31. The smallest absolute Gasteiger partial charge is 0.0464 e. The standard InChI is InChI=1S/C8H14O/c1-6-3-7(2)8(4-6)5-9/h7-9H,1,3-5H2,2H3/t7-,8+/m1/s1. The Morgan fingerprint density at radius 2 is 2.33 bits per heavy atom. The molecule has 0 amide bonds. The molecule has 1 heteroatoms. The van der Waals surface area contributed by atoms with Crippen LogP contribution in [0.4, 0.5) is 0 Å². The van der Waals surface area contributed by atoms with Gasteiger partial charge in [-0.1, -0.05) is 19.1 Å². The van der Waals surface area contributed by atoms with Crippen molar-refractivity contribution >= 4 is 0 Å². The van der Waals surface area contributed by atoms with Crippen LogP contribution in [0.5, 0.6) is 0 Å². The monoisotopic (exact) mass is 126 g/mol. The van der Waals surface area contributed by atoms with Crippen molar-refractivity contribution in [2.24, 2.45) is 11.8 Å². The number of rotatable bonds is 1. The molecule has 0 aromatic carbocycles. The van der Waals surface area contributed by atoms with Crippen LogP contribution < -0.4 is 0 Å². The second-order valence-corrected chi connectivity index (χ2v) is 3.08. The van der Waals surface area contributed by atoms with Gasteiger partial charge in [0.15, 0.2) is 0 Å². The fourth-order valence-corrected chi connectivity index (χ4v) is 1.52. The summed E-state index contributed by atoms with van der Waals surface area (Å²) in [6.07, 6.45) is 2.16. The van der Waals surface area contributed by atoms with Gasteiger partial charge in [-0.25, -0.2) is 0 Å². The van der Waals surface area contributed by atoms with Gasteiger partial charge in [0.05, 0.1) is 0 Å². The molecule has 2 atom stereocenters. The molecule has 0 heterocycles. The fourth-order valence-electron chi connectivity index (χ4n) is 1.52. The van der Waals surface area contributed by atoms with Gasteiger partial charge in [0.2, 0.25) is 0 Å². The van der Waals surface area contributed by atoms with Gasteiger partial charge in [-0.05, 0) is 24.7 Å². The maximum absolute atomic E-state index is 8.81. The van der Waals surface area contributed by atoms with Crippen molar-refractivity contribution in [2.45, 2.75) is 19.8 Å². The Morgan fingerprint density at radius 1 is 1.67 bits per heavy atom. The third kappa shape index (κ3) is 1.33. The predicted molar refractivity (Wildman–Crippen MR) is 38.1 cm³/mol. The van der Waals surface area contributed by atoms with Crippen LogP contribution in [0.15, 0.2) is 12.2 Å². The molecule has 0 aromatic heterocycles. The normalized spacial score (nSPS) is 35.6. The third-order valence-corrected chi connectivity index (χ3v) is 2.20. The molecule has 0 radical (unpaired) electrons. The Hall–Kier alpha value is -0.300. The van der Waals surface area contributed by atoms with Gasteiger partial charge in [-0.15, -0.1) is 0 Å². The zero-order valence-electron chi connectivity index (χ0n) is 5.93. The van der Waals surface area contributed by atoms with E-state index in [4.69, 9.17) is 5.11 Å². The molecule has 1 nitrogen and oxygen atoms in total. The van der Waals surface area contributed by atoms with E-state index in [2.05, 4.69) is 13.5 Å². The van der Waals surface area contributed by atoms with Gasteiger partial charge in [0.25, 0.3) is 0 Å². The lowest BCUT2D eigenvalue weighted by Crippen LogP contribution is -2.07. The summed E-state index contributed by atoms with van der Waals surface area (Å²) in [4.78, 5) is 0. The minimum absolute atomic E-state index is 0.334. The van der Waals surface area contributed by atoms with Crippen LogP contribution in [0.2, 0.25) is 0 Å². The lowest BCUT2D eigenvalue weighted by atomic mass is 10.00. The lowest BCUT2D eigenvalue weighted by molar-refractivity contribution is 0.202. The average Bonchev–Trinajstić information content (AvgIpc) is 2.10. The molecule has 1 fully saturated rings. The second-order valence-electron chi connectivity index (χ2n) is 3.08. The van der Waals surface area contributed by atoms with Gasteiger partial charge in [-0.2, -0.15) is 0 Å². The summed E-state index contributed by atoms with van der Waals surface area (Å²) in [5.74, 6) is 1.15. The molecule has 1 aliphatic carbocycles. The third-order valence-electron chi connectivity index (χ3n) is 2.20. The van der Waals surface area contributed by atoms with E-state index in [1.807, 2.05) is 0 Å². The van der Waals surface area contributed by atoms with E-state index in [0.717, 1.165) is 12.8 Å². The Balaban J connectivity index is 2.47. The zero-order valence-corrected chi connectivity index (χ0v) is 5.93. The molecule has 0 spiro atoms. The first-order valence-corrected chi connectivity index (χ1v) is 3.51. The van der Waals surface area contributed by atoms with Crippen molar-refractivity contribution in [3.05, 3.63) is 12.2 Å². The van der Waals surface area contributed by atoms with Crippen LogP contribution in [0, 0.1) is 11.8 Å². The van der Waals surface area contributed by atoms with E-state index in [0.29, 0.717) is 18.4 Å². The number of hydrogen-bond donors (Lipinski definition) is 1. The zero-order chi connectivity index (χ0) is 6.85. The Morgan fingerprint density at radius 3 is 2.56 bits per heavy atom. The minimum Gasteiger partial charge on any atom is -0.396 e. The molecular weight excluding hydrogens is 112 g/mol. The Bertz CT molecular complexity index is 118. The molecule has 1 N–H and O–H groups in total. The van der Waals surface area contributed by atoms with Crippen molar-refractivity contribution in [1.82, 2.24) is 0 Å². The van der Waals surface area contributed by atoms with Crippen molar-refractivity contribution in [2.75, 3.05) is 6.61 Å². The highest BCUT2D eigenvalue weighted by Crippen LogP contribution is 2.33. The van der Waals surface area contributed by atoms with Crippen LogP contribution in [-0.2, 0) is 0 Å². The topological polar surface area (TPSA) is 20.2 Å². The number of hydrogen-bond acceptors (Lipinski definition) is 1. The van der Waals surface area contributed by atoms with Crippen LogP contribution in [0.3, 0.4) is 0 Å². The van der Waals surface area contributed by atoms with Gasteiger partial charge in [0, 0.05) is 6.61 Å². The molecule has 0 aliphatic heterocycles. The largest absolute Gasteiger partial charge is 0.396 e. The molecule has 0 aromatic rings. The summed E-state index contributed by atoms with van der Waals surface area (Å²) in [5, 5.41) is 8.81.